The van der Waals surface area contributed by atoms with Gasteiger partial charge < -0.3 is 20.1 Å². The second kappa shape index (κ2) is 12.3. The summed E-state index contributed by atoms with van der Waals surface area (Å²) < 4.78 is 10.5. The number of nitrogens with zero attached hydrogens (tertiary/aromatic N) is 1. The summed E-state index contributed by atoms with van der Waals surface area (Å²) >= 11 is 3.64. The molecule has 0 aliphatic carbocycles. The molecule has 0 amide bonds. The van der Waals surface area contributed by atoms with Crippen LogP contribution < -0.4 is 10.6 Å². The first kappa shape index (κ1) is 21.8. The van der Waals surface area contributed by atoms with Gasteiger partial charge in [0.15, 0.2) is 6.73 Å². The average Bonchev–Trinajstić information content (AvgIpc) is 2.51. The molecule has 0 heterocycles. The zero-order chi connectivity index (χ0) is 17.8. The van der Waals surface area contributed by atoms with Crippen LogP contribution in [0.15, 0.2) is 26.0 Å². The molecular weight excluding hydrogens is 530 g/mol. The van der Waals surface area contributed by atoms with E-state index >= 15 is 0 Å². The molecule has 0 radical (unpaired) electrons. The van der Waals surface area contributed by atoms with Crippen molar-refractivity contribution >= 4 is 67.1 Å². The van der Waals surface area contributed by atoms with Crippen LogP contribution in [-0.2, 0) is 19.1 Å². The maximum atomic E-state index is 11.8. The lowest BCUT2D eigenvalue weighted by Gasteiger charge is -2.06. The Morgan fingerprint density at radius 1 is 1.22 bits per heavy atom. The van der Waals surface area contributed by atoms with E-state index in [-0.39, 0.29) is 28.2 Å². The van der Waals surface area contributed by atoms with Gasteiger partial charge in [-0.3, -0.25) is 10.4 Å². The maximum absolute atomic E-state index is 11.8. The lowest BCUT2D eigenvalue weighted by atomic mass is 10.3. The molecule has 128 valence electrons. The van der Waals surface area contributed by atoms with Crippen LogP contribution in [0, 0.1) is 5.41 Å². The highest BCUT2D eigenvalue weighted by molar-refractivity contribution is 14.1. The van der Waals surface area contributed by atoms with Crippen LogP contribution in [0.5, 0.6) is 0 Å². The molecule has 0 atom stereocenters. The fourth-order valence-electron chi connectivity index (χ4n) is 1.20. The summed E-state index contributed by atoms with van der Waals surface area (Å²) in [6, 6.07) is 0. The van der Waals surface area contributed by atoms with E-state index in [0.717, 1.165) is 0 Å². The first-order valence-corrected chi connectivity index (χ1v) is 8.58. The minimum atomic E-state index is -0.680. The summed E-state index contributed by atoms with van der Waals surface area (Å²) in [6.07, 6.45) is 2.65. The van der Waals surface area contributed by atoms with Gasteiger partial charge in [0.2, 0.25) is 0 Å². The molecule has 0 bridgehead atoms. The van der Waals surface area contributed by atoms with E-state index in [0.29, 0.717) is 3.70 Å². The van der Waals surface area contributed by atoms with Crippen LogP contribution in [0.25, 0.3) is 0 Å². The molecule has 0 aromatic heterocycles. The SMILES string of the molecule is CCOC(=O)C(/C=N/COC(=O)/C(=C/NC)C(=N)I)=C(\I)NC. The van der Waals surface area contributed by atoms with E-state index in [1.54, 1.807) is 43.6 Å². The number of halogens is 2. The van der Waals surface area contributed by atoms with Gasteiger partial charge >= 0.3 is 11.9 Å². The molecule has 0 fully saturated rings. The Morgan fingerprint density at radius 3 is 2.35 bits per heavy atom. The van der Waals surface area contributed by atoms with Crippen molar-refractivity contribution in [2.45, 2.75) is 6.92 Å². The zero-order valence-electron chi connectivity index (χ0n) is 12.9. The smallest absolute Gasteiger partial charge is 0.344 e. The summed E-state index contributed by atoms with van der Waals surface area (Å²) in [7, 11) is 3.27. The molecule has 0 spiro atoms. The topological polar surface area (TPSA) is 113 Å². The Labute approximate surface area is 161 Å². The van der Waals surface area contributed by atoms with Crippen LogP contribution in [0.3, 0.4) is 0 Å². The van der Waals surface area contributed by atoms with Crippen LogP contribution >= 0.6 is 45.2 Å². The molecule has 10 heteroatoms. The van der Waals surface area contributed by atoms with Gasteiger partial charge in [0.1, 0.15) is 14.9 Å². The van der Waals surface area contributed by atoms with Gasteiger partial charge in [0.25, 0.3) is 0 Å². The largest absolute Gasteiger partial charge is 0.462 e. The van der Waals surface area contributed by atoms with Gasteiger partial charge in [-0.15, -0.1) is 0 Å². The van der Waals surface area contributed by atoms with Gasteiger partial charge in [0.05, 0.1) is 10.3 Å². The normalized spacial score (nSPS) is 12.5. The molecule has 0 rings (SSSR count). The van der Waals surface area contributed by atoms with Crippen molar-refractivity contribution in [2.75, 3.05) is 27.4 Å². The third-order valence-corrected chi connectivity index (χ3v) is 3.89. The molecular formula is C13H18I2N4O4. The Bertz CT molecular complexity index is 544. The Morgan fingerprint density at radius 2 is 1.87 bits per heavy atom. The first-order valence-electron chi connectivity index (χ1n) is 6.42. The third kappa shape index (κ3) is 8.29. The van der Waals surface area contributed by atoms with E-state index < -0.39 is 11.9 Å². The van der Waals surface area contributed by atoms with Crippen LogP contribution in [0.1, 0.15) is 6.92 Å². The molecule has 0 aromatic rings. The number of esters is 2. The standard InChI is InChI=1S/C13H18I2N4O4/c1-4-22-13(21)9(11(15)18-3)6-19-7-23-12(20)8(5-17-2)10(14)16/h5-6,16-18H,4,7H2,1-3H3/b8-5+,11-9+,16-10?,19-6+. The Balaban J connectivity index is 4.84. The quantitative estimate of drug-likeness (QED) is 0.133. The summed E-state index contributed by atoms with van der Waals surface area (Å²) in [5, 5.41) is 13.0. The molecule has 23 heavy (non-hydrogen) atoms. The highest BCUT2D eigenvalue weighted by Crippen LogP contribution is 2.10. The average molecular weight is 548 g/mol. The lowest BCUT2D eigenvalue weighted by molar-refractivity contribution is -0.138. The predicted molar refractivity (Wildman–Crippen MR) is 105 cm³/mol. The van der Waals surface area contributed by atoms with Crippen molar-refractivity contribution in [1.29, 1.82) is 5.41 Å². The second-order valence-electron chi connectivity index (χ2n) is 3.73. The van der Waals surface area contributed by atoms with Gasteiger partial charge in [-0.05, 0) is 52.1 Å². The van der Waals surface area contributed by atoms with E-state index in [1.165, 1.54) is 12.4 Å². The fraction of sp³-hybridized carbons (Fsp3) is 0.385. The van der Waals surface area contributed by atoms with E-state index in [1.807, 2.05) is 22.6 Å². The summed E-state index contributed by atoms with van der Waals surface area (Å²) in [6.45, 7) is 1.67. The second-order valence-corrected chi connectivity index (χ2v) is 5.89. The molecule has 8 nitrogen and oxygen atoms in total. The van der Waals surface area contributed by atoms with Crippen molar-refractivity contribution in [3.63, 3.8) is 0 Å². The van der Waals surface area contributed by atoms with Crippen LogP contribution in [-0.4, -0.2) is 49.3 Å². The van der Waals surface area contributed by atoms with Crippen LogP contribution in [0.4, 0.5) is 0 Å². The number of ether oxygens (including phenoxy) is 2. The van der Waals surface area contributed by atoms with Crippen molar-refractivity contribution in [1.82, 2.24) is 10.6 Å². The fourth-order valence-corrected chi connectivity index (χ4v) is 1.94. The third-order valence-electron chi connectivity index (χ3n) is 2.19. The highest BCUT2D eigenvalue weighted by atomic mass is 127. The number of carbonyl (C=O) groups is 2. The number of nitrogens with one attached hydrogen (secondary N) is 3. The van der Waals surface area contributed by atoms with Gasteiger partial charge in [0, 0.05) is 26.5 Å². The zero-order valence-corrected chi connectivity index (χ0v) is 17.2. The van der Waals surface area contributed by atoms with E-state index in [9.17, 15) is 9.59 Å². The number of rotatable bonds is 9. The number of hydrogen-bond donors (Lipinski definition) is 3. The number of carbonyl (C=O) groups excluding carboxylic acids is 2. The highest BCUT2D eigenvalue weighted by Gasteiger charge is 2.15. The molecule has 0 aromatic carbocycles. The van der Waals surface area contributed by atoms with Crippen LogP contribution in [0.2, 0.25) is 0 Å². The first-order chi connectivity index (χ1) is 10.9. The van der Waals surface area contributed by atoms with Gasteiger partial charge in [-0.2, -0.15) is 0 Å². The number of aliphatic imine (C=N–C) groups is 1. The van der Waals surface area contributed by atoms with E-state index in [4.69, 9.17) is 14.9 Å². The minimum Gasteiger partial charge on any atom is -0.462 e. The molecule has 0 saturated carbocycles. The number of hydrogen-bond acceptors (Lipinski definition) is 8. The minimum absolute atomic E-state index is 0.0442. The summed E-state index contributed by atoms with van der Waals surface area (Å²) in [5.41, 5.74) is 0.327. The van der Waals surface area contributed by atoms with Crippen molar-refractivity contribution in [3.05, 3.63) is 21.0 Å². The van der Waals surface area contributed by atoms with Crippen molar-refractivity contribution in [3.8, 4) is 0 Å². The molecule has 3 N–H and O–H groups in total. The molecule has 0 saturated heterocycles. The maximum Gasteiger partial charge on any atom is 0.344 e. The molecule has 0 aliphatic heterocycles. The monoisotopic (exact) mass is 548 g/mol. The Kier molecular flexibility index (Phi) is 11.6. The predicted octanol–water partition coefficient (Wildman–Crippen LogP) is 1.50. The van der Waals surface area contributed by atoms with E-state index in [2.05, 4.69) is 15.6 Å². The van der Waals surface area contributed by atoms with Crippen molar-refractivity contribution < 1.29 is 19.1 Å². The molecule has 0 aliphatic rings. The van der Waals surface area contributed by atoms with Crippen molar-refractivity contribution in [2.24, 2.45) is 4.99 Å². The lowest BCUT2D eigenvalue weighted by Crippen LogP contribution is -2.16. The molecule has 0 unspecified atom stereocenters. The Hall–Kier alpha value is -1.18. The summed E-state index contributed by atoms with van der Waals surface area (Å²) in [4.78, 5) is 27.5. The van der Waals surface area contributed by atoms with Gasteiger partial charge in [-0.25, -0.2) is 9.59 Å². The van der Waals surface area contributed by atoms with Gasteiger partial charge in [-0.1, -0.05) is 0 Å². The summed E-state index contributed by atoms with van der Waals surface area (Å²) in [5.74, 6) is -1.20.